The van der Waals surface area contributed by atoms with Crippen molar-refractivity contribution in [1.29, 1.82) is 0 Å². The van der Waals surface area contributed by atoms with E-state index in [4.69, 9.17) is 16.6 Å². The van der Waals surface area contributed by atoms with Gasteiger partial charge in [-0.3, -0.25) is 4.79 Å². The van der Waals surface area contributed by atoms with E-state index < -0.39 is 12.0 Å². The summed E-state index contributed by atoms with van der Waals surface area (Å²) < 4.78 is 0. The van der Waals surface area contributed by atoms with Crippen molar-refractivity contribution in [3.05, 3.63) is 23.4 Å². The molecule has 1 aromatic heterocycles. The van der Waals surface area contributed by atoms with Crippen LogP contribution in [0.2, 0.25) is 0 Å². The van der Waals surface area contributed by atoms with E-state index in [1.165, 1.54) is 6.20 Å². The maximum absolute atomic E-state index is 10.5. The number of nitrogens with zero attached hydrogens (tertiary/aromatic N) is 1. The molecule has 0 aliphatic rings. The Morgan fingerprint density at radius 3 is 2.77 bits per heavy atom. The van der Waals surface area contributed by atoms with Crippen LogP contribution in [0.25, 0.3) is 0 Å². The SMILES string of the molecule is Cc1cc(C(N)C(=O)O)cnc1N. The minimum Gasteiger partial charge on any atom is -0.480 e. The topological polar surface area (TPSA) is 102 Å². The van der Waals surface area contributed by atoms with Crippen LogP contribution in [0.4, 0.5) is 5.82 Å². The van der Waals surface area contributed by atoms with Gasteiger partial charge in [-0.1, -0.05) is 0 Å². The Labute approximate surface area is 75.4 Å². The number of pyridine rings is 1. The van der Waals surface area contributed by atoms with Gasteiger partial charge >= 0.3 is 5.97 Å². The third kappa shape index (κ3) is 1.94. The molecule has 0 radical (unpaired) electrons. The highest BCUT2D eigenvalue weighted by Crippen LogP contribution is 2.14. The summed E-state index contributed by atoms with van der Waals surface area (Å²) >= 11 is 0. The zero-order valence-electron chi connectivity index (χ0n) is 7.19. The van der Waals surface area contributed by atoms with Gasteiger partial charge in [0.1, 0.15) is 11.9 Å². The molecule has 1 unspecified atom stereocenters. The van der Waals surface area contributed by atoms with Crippen molar-refractivity contribution in [2.24, 2.45) is 5.73 Å². The van der Waals surface area contributed by atoms with E-state index in [1.54, 1.807) is 13.0 Å². The first-order valence-electron chi connectivity index (χ1n) is 3.72. The Bertz CT molecular complexity index is 338. The minimum absolute atomic E-state index is 0.390. The van der Waals surface area contributed by atoms with Crippen molar-refractivity contribution >= 4 is 11.8 Å². The number of carbonyl (C=O) groups is 1. The summed E-state index contributed by atoms with van der Waals surface area (Å²) in [6.45, 7) is 1.75. The third-order valence-electron chi connectivity index (χ3n) is 1.77. The van der Waals surface area contributed by atoms with E-state index in [1.807, 2.05) is 0 Å². The fourth-order valence-corrected chi connectivity index (χ4v) is 0.920. The molecule has 0 saturated carbocycles. The molecule has 1 heterocycles. The van der Waals surface area contributed by atoms with Crippen LogP contribution in [0.5, 0.6) is 0 Å². The smallest absolute Gasteiger partial charge is 0.325 e. The van der Waals surface area contributed by atoms with Crippen molar-refractivity contribution in [1.82, 2.24) is 4.98 Å². The second-order valence-corrected chi connectivity index (χ2v) is 2.79. The highest BCUT2D eigenvalue weighted by atomic mass is 16.4. The van der Waals surface area contributed by atoms with Gasteiger partial charge in [0, 0.05) is 6.20 Å². The summed E-state index contributed by atoms with van der Waals surface area (Å²) in [6, 6.07) is 0.591. The van der Waals surface area contributed by atoms with Gasteiger partial charge in [-0.05, 0) is 24.1 Å². The number of carboxylic acids is 1. The molecular weight excluding hydrogens is 170 g/mol. The van der Waals surface area contributed by atoms with Gasteiger partial charge in [-0.25, -0.2) is 4.98 Å². The number of anilines is 1. The number of aryl methyl sites for hydroxylation is 1. The molecule has 1 atom stereocenters. The van der Waals surface area contributed by atoms with Gasteiger partial charge in [0.05, 0.1) is 0 Å². The first kappa shape index (κ1) is 9.47. The number of carboxylic acid groups (broad SMARTS) is 1. The molecule has 0 fully saturated rings. The van der Waals surface area contributed by atoms with Crippen molar-refractivity contribution in [3.8, 4) is 0 Å². The van der Waals surface area contributed by atoms with Crippen LogP contribution in [0.3, 0.4) is 0 Å². The van der Waals surface area contributed by atoms with Crippen LogP contribution in [-0.4, -0.2) is 16.1 Å². The number of hydrogen-bond acceptors (Lipinski definition) is 4. The van der Waals surface area contributed by atoms with E-state index in [9.17, 15) is 4.79 Å². The quantitative estimate of drug-likeness (QED) is 0.598. The lowest BCUT2D eigenvalue weighted by Gasteiger charge is -2.07. The molecule has 5 N–H and O–H groups in total. The standard InChI is InChI=1S/C8H11N3O2/c1-4-2-5(3-11-7(4)10)6(9)8(12)13/h2-3,6H,9H2,1H3,(H2,10,11)(H,12,13). The zero-order valence-corrected chi connectivity index (χ0v) is 7.19. The molecule has 5 nitrogen and oxygen atoms in total. The van der Waals surface area contributed by atoms with Crippen molar-refractivity contribution < 1.29 is 9.90 Å². The largest absolute Gasteiger partial charge is 0.480 e. The van der Waals surface area contributed by atoms with Crippen LogP contribution in [0, 0.1) is 6.92 Å². The second-order valence-electron chi connectivity index (χ2n) is 2.79. The minimum atomic E-state index is -1.08. The molecule has 1 aromatic rings. The second kappa shape index (κ2) is 3.40. The summed E-state index contributed by atoms with van der Waals surface area (Å²) in [7, 11) is 0. The maximum Gasteiger partial charge on any atom is 0.325 e. The van der Waals surface area contributed by atoms with Crippen LogP contribution < -0.4 is 11.5 Å². The van der Waals surface area contributed by atoms with Gasteiger partial charge in [0.2, 0.25) is 0 Å². The van der Waals surface area contributed by atoms with Gasteiger partial charge in [-0.2, -0.15) is 0 Å². The van der Waals surface area contributed by atoms with Crippen LogP contribution >= 0.6 is 0 Å². The molecule has 0 bridgehead atoms. The Morgan fingerprint density at radius 1 is 1.69 bits per heavy atom. The lowest BCUT2D eigenvalue weighted by Crippen LogP contribution is -2.21. The maximum atomic E-state index is 10.5. The molecule has 5 heteroatoms. The summed E-state index contributed by atoms with van der Waals surface area (Å²) in [5.74, 6) is -0.688. The first-order valence-corrected chi connectivity index (χ1v) is 3.72. The predicted molar refractivity (Wildman–Crippen MR) is 48.0 cm³/mol. The number of nitrogens with two attached hydrogens (primary N) is 2. The molecular formula is C8H11N3O2. The predicted octanol–water partition coefficient (Wildman–Crippen LogP) is 0.0566. The van der Waals surface area contributed by atoms with Crippen LogP contribution in [-0.2, 0) is 4.79 Å². The van der Waals surface area contributed by atoms with Gasteiger partial charge in [0.15, 0.2) is 0 Å². The van der Waals surface area contributed by atoms with Crippen LogP contribution in [0.15, 0.2) is 12.3 Å². The lowest BCUT2D eigenvalue weighted by molar-refractivity contribution is -0.138. The number of nitrogen functional groups attached to an aromatic ring is 1. The third-order valence-corrected chi connectivity index (χ3v) is 1.77. The zero-order chi connectivity index (χ0) is 10.0. The van der Waals surface area contributed by atoms with Crippen molar-refractivity contribution in [2.75, 3.05) is 5.73 Å². The average molecular weight is 181 g/mol. The summed E-state index contributed by atoms with van der Waals surface area (Å²) in [4.78, 5) is 14.3. The molecule has 0 spiro atoms. The van der Waals surface area contributed by atoms with Gasteiger partial charge in [0.25, 0.3) is 0 Å². The Morgan fingerprint density at radius 2 is 2.31 bits per heavy atom. The fraction of sp³-hybridized carbons (Fsp3) is 0.250. The highest BCUT2D eigenvalue weighted by molar-refractivity contribution is 5.75. The molecule has 0 aliphatic carbocycles. The van der Waals surface area contributed by atoms with Crippen LogP contribution in [0.1, 0.15) is 17.2 Å². The molecule has 0 aliphatic heterocycles. The molecule has 13 heavy (non-hydrogen) atoms. The number of hydrogen-bond donors (Lipinski definition) is 3. The number of rotatable bonds is 2. The fourth-order valence-electron chi connectivity index (χ4n) is 0.920. The summed E-state index contributed by atoms with van der Waals surface area (Å²) in [5, 5.41) is 8.61. The van der Waals surface area contributed by atoms with Crippen molar-refractivity contribution in [2.45, 2.75) is 13.0 Å². The Balaban J connectivity index is 3.03. The molecule has 1 rings (SSSR count). The Hall–Kier alpha value is -1.62. The molecule has 70 valence electrons. The van der Waals surface area contributed by atoms with Gasteiger partial charge in [-0.15, -0.1) is 0 Å². The summed E-state index contributed by atoms with van der Waals surface area (Å²) in [5.41, 5.74) is 12.0. The van der Waals surface area contributed by atoms with E-state index in [0.717, 1.165) is 5.56 Å². The van der Waals surface area contributed by atoms with Crippen molar-refractivity contribution in [3.63, 3.8) is 0 Å². The first-order chi connectivity index (χ1) is 6.02. The highest BCUT2D eigenvalue weighted by Gasteiger charge is 2.14. The number of aromatic nitrogens is 1. The normalized spacial score (nSPS) is 12.5. The van der Waals surface area contributed by atoms with Gasteiger partial charge < -0.3 is 16.6 Å². The number of aliphatic carboxylic acids is 1. The summed E-state index contributed by atoms with van der Waals surface area (Å²) in [6.07, 6.45) is 1.38. The Kier molecular flexibility index (Phi) is 2.48. The monoisotopic (exact) mass is 181 g/mol. The van der Waals surface area contributed by atoms with E-state index >= 15 is 0 Å². The van der Waals surface area contributed by atoms with E-state index in [-0.39, 0.29) is 0 Å². The molecule has 0 saturated heterocycles. The molecule has 0 aromatic carbocycles. The molecule has 0 amide bonds. The van der Waals surface area contributed by atoms with E-state index in [2.05, 4.69) is 4.98 Å². The van der Waals surface area contributed by atoms with E-state index in [0.29, 0.717) is 11.4 Å². The lowest BCUT2D eigenvalue weighted by atomic mass is 10.1. The average Bonchev–Trinajstić information content (AvgIpc) is 2.08.